The molecule has 1 aromatic heterocycles. The zero-order valence-corrected chi connectivity index (χ0v) is 14.8. The Hall–Kier alpha value is -0.471. The topological polar surface area (TPSA) is 11.3 Å². The summed E-state index contributed by atoms with van der Waals surface area (Å²) in [4.78, 5) is 0. The van der Waals surface area contributed by atoms with Crippen molar-refractivity contribution in [2.24, 2.45) is 0 Å². The summed E-state index contributed by atoms with van der Waals surface area (Å²) in [7, 11) is 17.2. The molecule has 1 nitrogen and oxygen atoms in total. The Labute approximate surface area is 142 Å². The van der Waals surface area contributed by atoms with E-state index in [1.807, 2.05) is 60.7 Å². The van der Waals surface area contributed by atoms with Gasteiger partial charge in [0.25, 0.3) is 0 Å². The SMILES string of the molecule is [Cl][Fe]([Cl])([Cl])[Cl].c1ccc(-c2ccc3ccccc3[o+]2)cc1. The molecular weight excluding hydrogens is 394 g/mol. The van der Waals surface area contributed by atoms with Gasteiger partial charge in [0, 0.05) is 12.1 Å². The van der Waals surface area contributed by atoms with Crippen LogP contribution < -0.4 is 0 Å². The van der Waals surface area contributed by atoms with Crippen molar-refractivity contribution < 1.29 is 13.6 Å². The number of benzene rings is 2. The Morgan fingerprint density at radius 2 is 1.24 bits per heavy atom. The number of para-hydroxylation sites is 1. The summed E-state index contributed by atoms with van der Waals surface area (Å²) in [6, 6.07) is 22.3. The van der Waals surface area contributed by atoms with Gasteiger partial charge in [-0.15, -0.1) is 0 Å². The molecular formula is C15H11Cl4FeO+. The van der Waals surface area contributed by atoms with E-state index in [-0.39, 0.29) is 0 Å². The average Bonchev–Trinajstić information content (AvgIpc) is 2.46. The van der Waals surface area contributed by atoms with Crippen molar-refractivity contribution in [3.05, 3.63) is 66.7 Å². The van der Waals surface area contributed by atoms with E-state index in [4.69, 9.17) is 44.8 Å². The van der Waals surface area contributed by atoms with Gasteiger partial charge in [-0.25, -0.2) is 4.42 Å². The summed E-state index contributed by atoms with van der Waals surface area (Å²) in [6.45, 7) is 0. The van der Waals surface area contributed by atoms with Crippen molar-refractivity contribution >= 4 is 51.4 Å². The van der Waals surface area contributed by atoms with Crippen LogP contribution in [-0.2, 0) is 9.20 Å². The van der Waals surface area contributed by atoms with Crippen LogP contribution in [0.2, 0.25) is 0 Å². The van der Waals surface area contributed by atoms with E-state index in [0.717, 1.165) is 22.3 Å². The van der Waals surface area contributed by atoms with Crippen molar-refractivity contribution in [2.75, 3.05) is 0 Å². The average molecular weight is 405 g/mol. The van der Waals surface area contributed by atoms with Crippen molar-refractivity contribution in [2.45, 2.75) is 0 Å². The molecule has 0 fully saturated rings. The molecule has 0 radical (unpaired) electrons. The van der Waals surface area contributed by atoms with Crippen LogP contribution in [0.5, 0.6) is 0 Å². The fraction of sp³-hybridized carbons (Fsp3) is 0. The first-order chi connectivity index (χ1) is 9.93. The Kier molecular flexibility index (Phi) is 6.19. The van der Waals surface area contributed by atoms with Gasteiger partial charge in [0.05, 0.1) is 10.9 Å². The van der Waals surface area contributed by atoms with Gasteiger partial charge in [-0.05, 0) is 24.3 Å². The van der Waals surface area contributed by atoms with Gasteiger partial charge < -0.3 is 0 Å². The van der Waals surface area contributed by atoms with Crippen molar-refractivity contribution in [3.63, 3.8) is 0 Å². The smallest absolute Gasteiger partial charge is 0.207 e. The molecule has 21 heavy (non-hydrogen) atoms. The van der Waals surface area contributed by atoms with Gasteiger partial charge in [-0.2, -0.15) is 0 Å². The Morgan fingerprint density at radius 3 is 1.90 bits per heavy atom. The molecule has 6 heteroatoms. The summed E-state index contributed by atoms with van der Waals surface area (Å²) >= 11 is 0. The summed E-state index contributed by atoms with van der Waals surface area (Å²) in [6.07, 6.45) is 0. The van der Waals surface area contributed by atoms with E-state index >= 15 is 0 Å². The van der Waals surface area contributed by atoms with Crippen LogP contribution in [-0.4, -0.2) is 0 Å². The third kappa shape index (κ3) is 6.04. The van der Waals surface area contributed by atoms with E-state index in [0.29, 0.717) is 0 Å². The van der Waals surface area contributed by atoms with Crippen molar-refractivity contribution in [3.8, 4) is 11.3 Å². The second-order valence-corrected chi connectivity index (χ2v) is 14.9. The minimum Gasteiger partial charge on any atom is -0.207 e. The second-order valence-electron chi connectivity index (χ2n) is 4.01. The van der Waals surface area contributed by atoms with Crippen LogP contribution in [0, 0.1) is 0 Å². The second kappa shape index (κ2) is 7.69. The molecule has 2 aromatic carbocycles. The minimum absolute atomic E-state index is 0.902. The largest absolute Gasteiger partial charge is 0.360 e. The van der Waals surface area contributed by atoms with Crippen LogP contribution >= 0.6 is 40.4 Å². The fourth-order valence-electron chi connectivity index (χ4n) is 1.79. The van der Waals surface area contributed by atoms with Gasteiger partial charge in [0.1, 0.15) is 0 Å². The van der Waals surface area contributed by atoms with Crippen molar-refractivity contribution in [1.29, 1.82) is 0 Å². The maximum atomic E-state index is 5.85. The molecule has 0 aliphatic carbocycles. The predicted molar refractivity (Wildman–Crippen MR) is 89.5 cm³/mol. The predicted octanol–water partition coefficient (Wildman–Crippen LogP) is 7.14. The van der Waals surface area contributed by atoms with E-state index in [1.54, 1.807) is 0 Å². The monoisotopic (exact) mass is 403 g/mol. The maximum Gasteiger partial charge on any atom is 0.360 e. The third-order valence-electron chi connectivity index (χ3n) is 2.61. The van der Waals surface area contributed by atoms with Gasteiger partial charge in [-0.3, -0.25) is 0 Å². The summed E-state index contributed by atoms with van der Waals surface area (Å²) < 4.78 is 5.85. The molecule has 0 saturated carbocycles. The molecule has 1 heterocycles. The van der Waals surface area contributed by atoms with Crippen LogP contribution in [0.25, 0.3) is 22.3 Å². The van der Waals surface area contributed by atoms with Crippen LogP contribution in [0.15, 0.2) is 71.1 Å². The first kappa shape index (κ1) is 16.9. The molecule has 3 aromatic rings. The maximum absolute atomic E-state index is 5.85. The first-order valence-electron chi connectivity index (χ1n) is 5.84. The molecule has 0 bridgehead atoms. The quantitative estimate of drug-likeness (QED) is 0.310. The summed E-state index contributed by atoms with van der Waals surface area (Å²) in [5.74, 6) is 0.902. The summed E-state index contributed by atoms with van der Waals surface area (Å²) in [5.41, 5.74) is 2.03. The number of rotatable bonds is 1. The van der Waals surface area contributed by atoms with E-state index in [9.17, 15) is 0 Å². The van der Waals surface area contributed by atoms with Gasteiger partial charge in [0.2, 0.25) is 0 Å². The Balaban J connectivity index is 0.000000282. The van der Waals surface area contributed by atoms with E-state index in [1.165, 1.54) is 0 Å². The molecule has 112 valence electrons. The van der Waals surface area contributed by atoms with E-state index < -0.39 is 9.20 Å². The molecule has 0 N–H and O–H groups in total. The zero-order chi connectivity index (χ0) is 15.3. The third-order valence-corrected chi connectivity index (χ3v) is 2.61. The molecule has 0 aliphatic rings. The molecule has 0 spiro atoms. The van der Waals surface area contributed by atoms with Gasteiger partial charge in [0.15, 0.2) is 0 Å². The molecule has 0 unspecified atom stereocenters. The fourth-order valence-corrected chi connectivity index (χ4v) is 1.79. The molecule has 0 saturated heterocycles. The van der Waals surface area contributed by atoms with E-state index in [2.05, 4.69) is 6.07 Å². The zero-order valence-electron chi connectivity index (χ0n) is 10.6. The minimum atomic E-state index is -2.61. The van der Waals surface area contributed by atoms with Gasteiger partial charge >= 0.3 is 60.9 Å². The molecule has 0 amide bonds. The van der Waals surface area contributed by atoms with Crippen LogP contribution in [0.3, 0.4) is 0 Å². The molecule has 0 atom stereocenters. The number of hydrogen-bond donors (Lipinski definition) is 0. The molecule has 3 rings (SSSR count). The Bertz CT molecular complexity index is 707. The van der Waals surface area contributed by atoms with Crippen LogP contribution in [0.1, 0.15) is 0 Å². The first-order valence-corrected chi connectivity index (χ1v) is 11.9. The number of fused-ring (bicyclic) bond motifs is 1. The normalized spacial score (nSPS) is 11.6. The van der Waals surface area contributed by atoms with Gasteiger partial charge in [-0.1, -0.05) is 30.3 Å². The van der Waals surface area contributed by atoms with Crippen molar-refractivity contribution in [1.82, 2.24) is 0 Å². The number of halogens is 4. The Morgan fingerprint density at radius 1 is 0.667 bits per heavy atom. The number of hydrogen-bond acceptors (Lipinski definition) is 0. The standard InChI is InChI=1S/C15H11O.4ClH.Fe/c1-2-6-12(7-3-1)15-11-10-13-8-4-5-9-14(13)16-15;;;;;/h1-11H;4*1H;/q+1;;;;;+4/p-4. The van der Waals surface area contributed by atoms with Crippen LogP contribution in [0.4, 0.5) is 0 Å². The molecule has 0 aliphatic heterocycles. The summed E-state index contributed by atoms with van der Waals surface area (Å²) in [5, 5.41) is 1.13.